The van der Waals surface area contributed by atoms with Gasteiger partial charge in [-0.25, -0.2) is 4.79 Å². The summed E-state index contributed by atoms with van der Waals surface area (Å²) in [4.78, 5) is 49.4. The third-order valence-electron chi connectivity index (χ3n) is 6.21. The molecule has 0 amide bonds. The van der Waals surface area contributed by atoms with Gasteiger partial charge < -0.3 is 14.2 Å². The van der Waals surface area contributed by atoms with E-state index in [1.807, 2.05) is 0 Å². The monoisotopic (exact) mass is 426 g/mol. The highest BCUT2D eigenvalue weighted by Gasteiger charge is 2.64. The van der Waals surface area contributed by atoms with Crippen molar-refractivity contribution in [1.29, 1.82) is 0 Å². The molecule has 2 heterocycles. The number of esters is 3. The first-order valence-corrected chi connectivity index (χ1v) is 10.7. The molecule has 1 aromatic carbocycles. The molecule has 2 aliphatic carbocycles. The van der Waals surface area contributed by atoms with Crippen molar-refractivity contribution < 1.29 is 33.4 Å². The first-order valence-electron chi connectivity index (χ1n) is 9.77. The summed E-state index contributed by atoms with van der Waals surface area (Å²) < 4.78 is 15.8. The number of ether oxygens (including phenoxy) is 3. The van der Waals surface area contributed by atoms with Gasteiger partial charge in [-0.3, -0.25) is 14.4 Å². The maximum Gasteiger partial charge on any atom is 0.353 e. The Hall–Kier alpha value is -3.00. The lowest BCUT2D eigenvalue weighted by atomic mass is 9.80. The molecule has 3 fully saturated rings. The number of ketones is 1. The molecule has 3 aliphatic rings. The van der Waals surface area contributed by atoms with Crippen LogP contribution in [-0.4, -0.2) is 36.4 Å². The van der Waals surface area contributed by atoms with Crippen molar-refractivity contribution in [2.24, 2.45) is 23.7 Å². The molecule has 2 aromatic rings. The van der Waals surface area contributed by atoms with E-state index in [1.54, 1.807) is 17.5 Å². The minimum Gasteiger partial charge on any atom is -0.462 e. The molecule has 1 aliphatic heterocycles. The predicted octanol–water partition coefficient (Wildman–Crippen LogP) is 2.89. The first kappa shape index (κ1) is 19.0. The number of hydrogen-bond donors (Lipinski definition) is 0. The Balaban J connectivity index is 1.16. The van der Waals surface area contributed by atoms with Crippen LogP contribution < -0.4 is 4.74 Å². The van der Waals surface area contributed by atoms with Gasteiger partial charge >= 0.3 is 17.9 Å². The lowest BCUT2D eigenvalue weighted by Crippen LogP contribution is -2.34. The number of hydrogen-bond acceptors (Lipinski definition) is 8. The number of carbonyl (C=O) groups is 4. The maximum absolute atomic E-state index is 12.6. The molecule has 0 spiro atoms. The first-order chi connectivity index (χ1) is 14.5. The van der Waals surface area contributed by atoms with Crippen LogP contribution in [-0.2, 0) is 19.1 Å². The van der Waals surface area contributed by atoms with E-state index in [0.29, 0.717) is 22.6 Å². The molecule has 30 heavy (non-hydrogen) atoms. The van der Waals surface area contributed by atoms with Gasteiger partial charge in [0.1, 0.15) is 16.7 Å². The Kier molecular flexibility index (Phi) is 4.66. The van der Waals surface area contributed by atoms with Crippen LogP contribution >= 0.6 is 11.3 Å². The lowest BCUT2D eigenvalue weighted by Gasteiger charge is -2.22. The molecule has 0 radical (unpaired) electrons. The van der Waals surface area contributed by atoms with Gasteiger partial charge in [0.2, 0.25) is 0 Å². The molecule has 2 saturated carbocycles. The van der Waals surface area contributed by atoms with Gasteiger partial charge in [0.15, 0.2) is 12.4 Å². The fourth-order valence-corrected chi connectivity index (χ4v) is 5.50. The molecular weight excluding hydrogens is 408 g/mol. The zero-order valence-corrected chi connectivity index (χ0v) is 16.6. The van der Waals surface area contributed by atoms with Crippen LogP contribution in [0.1, 0.15) is 32.9 Å². The summed E-state index contributed by atoms with van der Waals surface area (Å²) in [5.41, 5.74) is 0.340. The molecule has 7 nitrogen and oxygen atoms in total. The smallest absolute Gasteiger partial charge is 0.353 e. The average Bonchev–Trinajstić information content (AvgIpc) is 3.49. The molecule has 5 atom stereocenters. The van der Waals surface area contributed by atoms with Crippen molar-refractivity contribution in [1.82, 2.24) is 0 Å². The highest BCUT2D eigenvalue weighted by atomic mass is 32.1. The molecule has 1 saturated heterocycles. The van der Waals surface area contributed by atoms with E-state index in [0.717, 1.165) is 6.42 Å². The van der Waals surface area contributed by atoms with Gasteiger partial charge in [0.25, 0.3) is 0 Å². The Morgan fingerprint density at radius 3 is 2.63 bits per heavy atom. The Morgan fingerprint density at radius 2 is 1.90 bits per heavy atom. The maximum atomic E-state index is 12.6. The number of benzene rings is 1. The Labute approximate surface area is 175 Å². The third kappa shape index (κ3) is 3.21. The van der Waals surface area contributed by atoms with E-state index in [4.69, 9.17) is 14.2 Å². The van der Waals surface area contributed by atoms with Crippen LogP contribution in [0.2, 0.25) is 0 Å². The summed E-state index contributed by atoms with van der Waals surface area (Å²) in [6, 6.07) is 9.50. The van der Waals surface area contributed by atoms with Gasteiger partial charge in [-0.2, -0.15) is 0 Å². The molecule has 0 N–H and O–H groups in total. The molecule has 0 unspecified atom stereocenters. The van der Waals surface area contributed by atoms with E-state index in [9.17, 15) is 19.2 Å². The minimum atomic E-state index is -0.506. The zero-order chi connectivity index (χ0) is 20.8. The number of rotatable bonds is 6. The van der Waals surface area contributed by atoms with Crippen molar-refractivity contribution in [2.45, 2.75) is 18.9 Å². The Morgan fingerprint density at radius 1 is 1.10 bits per heavy atom. The van der Waals surface area contributed by atoms with Gasteiger partial charge in [0.05, 0.1) is 11.8 Å². The SMILES string of the molecule is O=C(COC(=O)[C@@H]1[C@@H]2C[C@@H]3[C@H]1C(=O)O[C@@H]3C2)c1ccc(OC(=O)c2cccs2)cc1. The Bertz CT molecular complexity index is 1010. The van der Waals surface area contributed by atoms with Crippen LogP contribution in [0.25, 0.3) is 0 Å². The van der Waals surface area contributed by atoms with Crippen molar-refractivity contribution in [3.8, 4) is 5.75 Å². The standard InChI is InChI=1S/C22H18O7S/c23-15(11-3-5-13(6-4-11)28-20(24)17-2-1-7-30-17)10-27-21(25)18-12-8-14-16(9-12)29-22(26)19(14)18/h1-7,12,14,16,18-19H,8-10H2/t12-,14+,16-,18-,19-/m1/s1. The van der Waals surface area contributed by atoms with E-state index in [-0.39, 0.29) is 29.7 Å². The summed E-state index contributed by atoms with van der Waals surface area (Å²) in [5.74, 6) is -2.05. The summed E-state index contributed by atoms with van der Waals surface area (Å²) >= 11 is 1.28. The second kappa shape index (κ2) is 7.36. The van der Waals surface area contributed by atoms with Crippen LogP contribution in [0, 0.1) is 23.7 Å². The van der Waals surface area contributed by atoms with E-state index in [1.165, 1.54) is 35.6 Å². The summed E-state index contributed by atoms with van der Waals surface area (Å²) in [6.07, 6.45) is 1.46. The lowest BCUT2D eigenvalue weighted by molar-refractivity contribution is -0.154. The molecule has 1 aromatic heterocycles. The fourth-order valence-electron chi connectivity index (χ4n) is 4.90. The number of fused-ring (bicyclic) bond motifs is 1. The zero-order valence-electron chi connectivity index (χ0n) is 15.8. The molecule has 154 valence electrons. The van der Waals surface area contributed by atoms with E-state index >= 15 is 0 Å². The van der Waals surface area contributed by atoms with Gasteiger partial charge in [-0.05, 0) is 54.5 Å². The van der Waals surface area contributed by atoms with Crippen LogP contribution in [0.5, 0.6) is 5.75 Å². The van der Waals surface area contributed by atoms with Crippen molar-refractivity contribution in [2.75, 3.05) is 6.61 Å². The molecule has 2 bridgehead atoms. The molecule has 8 heteroatoms. The van der Waals surface area contributed by atoms with Crippen molar-refractivity contribution in [3.63, 3.8) is 0 Å². The molecular formula is C22H18O7S. The topological polar surface area (TPSA) is 96.0 Å². The van der Waals surface area contributed by atoms with E-state index in [2.05, 4.69) is 0 Å². The fraction of sp³-hybridized carbons (Fsp3) is 0.364. The summed E-state index contributed by atoms with van der Waals surface area (Å²) in [6.45, 7) is -0.397. The summed E-state index contributed by atoms with van der Waals surface area (Å²) in [5, 5.41) is 1.78. The van der Waals surface area contributed by atoms with Gasteiger partial charge in [-0.1, -0.05) is 6.07 Å². The minimum absolute atomic E-state index is 0.0504. The van der Waals surface area contributed by atoms with Crippen molar-refractivity contribution >= 4 is 35.0 Å². The summed E-state index contributed by atoms with van der Waals surface area (Å²) in [7, 11) is 0. The second-order valence-corrected chi connectivity index (χ2v) is 8.79. The van der Waals surface area contributed by atoms with E-state index < -0.39 is 30.4 Å². The highest BCUT2D eigenvalue weighted by molar-refractivity contribution is 7.12. The highest BCUT2D eigenvalue weighted by Crippen LogP contribution is 2.57. The van der Waals surface area contributed by atoms with Crippen molar-refractivity contribution in [3.05, 3.63) is 52.2 Å². The number of carbonyl (C=O) groups excluding carboxylic acids is 4. The average molecular weight is 426 g/mol. The number of thiophene rings is 1. The van der Waals surface area contributed by atoms with Crippen LogP contribution in [0.15, 0.2) is 41.8 Å². The van der Waals surface area contributed by atoms with Gasteiger partial charge in [-0.15, -0.1) is 11.3 Å². The third-order valence-corrected chi connectivity index (χ3v) is 7.06. The number of Topliss-reactive ketones (excluding diaryl/α,β-unsaturated/α-hetero) is 1. The van der Waals surface area contributed by atoms with Crippen LogP contribution in [0.4, 0.5) is 0 Å². The molecule has 5 rings (SSSR count). The van der Waals surface area contributed by atoms with Gasteiger partial charge in [0, 0.05) is 11.5 Å². The quantitative estimate of drug-likeness (QED) is 0.398. The second-order valence-electron chi connectivity index (χ2n) is 7.84. The normalized spacial score (nSPS) is 28.3. The predicted molar refractivity (Wildman–Crippen MR) is 104 cm³/mol. The van der Waals surface area contributed by atoms with Crippen LogP contribution in [0.3, 0.4) is 0 Å². The largest absolute Gasteiger partial charge is 0.462 e.